The molecule has 1 aromatic heterocycles. The smallest absolute Gasteiger partial charge is 0.222 e. The second-order valence-electron chi connectivity index (χ2n) is 6.54. The third-order valence-electron chi connectivity index (χ3n) is 4.75. The van der Waals surface area contributed by atoms with Crippen molar-refractivity contribution in [3.8, 4) is 0 Å². The Bertz CT molecular complexity index is 698. The van der Waals surface area contributed by atoms with Gasteiger partial charge < -0.3 is 10.0 Å². The van der Waals surface area contributed by atoms with Crippen molar-refractivity contribution in [2.45, 2.75) is 39.2 Å². The summed E-state index contributed by atoms with van der Waals surface area (Å²) >= 11 is 1.64. The molecule has 128 valence electrons. The average Bonchev–Trinajstić information content (AvgIpc) is 3.22. The van der Waals surface area contributed by atoms with Gasteiger partial charge in [0.1, 0.15) is 0 Å². The van der Waals surface area contributed by atoms with Crippen LogP contribution in [0.5, 0.6) is 0 Å². The molecule has 1 aliphatic heterocycles. The maximum atomic E-state index is 12.4. The number of likely N-dealkylation sites (tertiary alicyclic amines) is 1. The number of aliphatic hydroxyl groups excluding tert-OH is 1. The van der Waals surface area contributed by atoms with Crippen molar-refractivity contribution in [1.29, 1.82) is 0 Å². The summed E-state index contributed by atoms with van der Waals surface area (Å²) in [6, 6.07) is 8.11. The minimum atomic E-state index is 0.0834. The maximum Gasteiger partial charge on any atom is 0.222 e. The van der Waals surface area contributed by atoms with Crippen LogP contribution in [0.4, 0.5) is 0 Å². The molecule has 5 heteroatoms. The lowest BCUT2D eigenvalue weighted by molar-refractivity contribution is -0.130. The number of hydrogen-bond acceptors (Lipinski definition) is 4. The van der Waals surface area contributed by atoms with E-state index >= 15 is 0 Å². The number of carbonyl (C=O) groups excluding carboxylic acids is 1. The number of aryl methyl sites for hydroxylation is 2. The first kappa shape index (κ1) is 17.1. The number of aliphatic hydroxyl groups is 1. The Morgan fingerprint density at radius 3 is 3.00 bits per heavy atom. The van der Waals surface area contributed by atoms with Gasteiger partial charge in [0, 0.05) is 24.4 Å². The van der Waals surface area contributed by atoms with Crippen LogP contribution in [0.1, 0.15) is 34.5 Å². The molecule has 24 heavy (non-hydrogen) atoms. The van der Waals surface area contributed by atoms with Gasteiger partial charge in [0.05, 0.1) is 17.8 Å². The van der Waals surface area contributed by atoms with E-state index < -0.39 is 0 Å². The molecule has 1 amide bonds. The Kier molecular flexibility index (Phi) is 5.63. The van der Waals surface area contributed by atoms with Gasteiger partial charge in [0.15, 0.2) is 0 Å². The van der Waals surface area contributed by atoms with E-state index in [9.17, 15) is 9.90 Å². The van der Waals surface area contributed by atoms with Crippen molar-refractivity contribution in [3.05, 3.63) is 51.5 Å². The highest BCUT2D eigenvalue weighted by atomic mass is 32.1. The Hall–Kier alpha value is -1.72. The molecule has 0 radical (unpaired) electrons. The molecule has 0 unspecified atom stereocenters. The first-order chi connectivity index (χ1) is 11.7. The third-order valence-corrected chi connectivity index (χ3v) is 5.74. The van der Waals surface area contributed by atoms with Crippen LogP contribution in [0.3, 0.4) is 0 Å². The predicted octanol–water partition coefficient (Wildman–Crippen LogP) is 2.97. The van der Waals surface area contributed by atoms with Crippen molar-refractivity contribution < 1.29 is 9.90 Å². The highest BCUT2D eigenvalue weighted by Gasteiger charge is 2.26. The van der Waals surface area contributed by atoms with Crippen LogP contribution in [-0.2, 0) is 24.2 Å². The molecule has 4 nitrogen and oxygen atoms in total. The quantitative estimate of drug-likeness (QED) is 0.876. The summed E-state index contributed by atoms with van der Waals surface area (Å²) in [6.07, 6.45) is 3.42. The highest BCUT2D eigenvalue weighted by Crippen LogP contribution is 2.23. The zero-order valence-electron chi connectivity index (χ0n) is 14.1. The van der Waals surface area contributed by atoms with E-state index in [1.165, 1.54) is 10.4 Å². The number of aromatic nitrogens is 1. The number of nitrogens with zero attached hydrogens (tertiary/aromatic N) is 2. The second kappa shape index (κ2) is 7.90. The summed E-state index contributed by atoms with van der Waals surface area (Å²) < 4.78 is 0. The normalized spacial score (nSPS) is 17.4. The summed E-state index contributed by atoms with van der Waals surface area (Å²) in [5, 5.41) is 9.24. The van der Waals surface area contributed by atoms with Crippen LogP contribution in [0, 0.1) is 12.8 Å². The Morgan fingerprint density at radius 1 is 1.42 bits per heavy atom. The molecule has 1 atom stereocenters. The molecular formula is C19H24N2O2S. The monoisotopic (exact) mass is 344 g/mol. The van der Waals surface area contributed by atoms with Crippen LogP contribution < -0.4 is 0 Å². The standard InChI is InChI=1S/C19H24N2O2S/c1-14-18(24-13-20-14)5-6-19(23)21-8-7-16(11-21)9-15-3-2-4-17(10-15)12-22/h2-4,10,13,16,22H,5-9,11-12H2,1H3/t16-/m1/s1. The minimum Gasteiger partial charge on any atom is -0.392 e. The summed E-state index contributed by atoms with van der Waals surface area (Å²) in [7, 11) is 0. The first-order valence-electron chi connectivity index (χ1n) is 8.51. The van der Waals surface area contributed by atoms with E-state index in [1.54, 1.807) is 11.3 Å². The van der Waals surface area contributed by atoms with Crippen molar-refractivity contribution in [2.75, 3.05) is 13.1 Å². The largest absolute Gasteiger partial charge is 0.392 e. The van der Waals surface area contributed by atoms with E-state index in [2.05, 4.69) is 17.1 Å². The number of hydrogen-bond donors (Lipinski definition) is 1. The van der Waals surface area contributed by atoms with Gasteiger partial charge >= 0.3 is 0 Å². The molecule has 0 bridgehead atoms. The van der Waals surface area contributed by atoms with Crippen LogP contribution >= 0.6 is 11.3 Å². The van der Waals surface area contributed by atoms with Gasteiger partial charge in [0.2, 0.25) is 5.91 Å². The SMILES string of the molecule is Cc1ncsc1CCC(=O)N1CC[C@H](Cc2cccc(CO)c2)C1. The lowest BCUT2D eigenvalue weighted by Gasteiger charge is -2.16. The lowest BCUT2D eigenvalue weighted by Crippen LogP contribution is -2.29. The predicted molar refractivity (Wildman–Crippen MR) is 95.9 cm³/mol. The Balaban J connectivity index is 1.49. The molecule has 2 aromatic rings. The minimum absolute atomic E-state index is 0.0834. The molecule has 0 aliphatic carbocycles. The summed E-state index contributed by atoms with van der Waals surface area (Å²) in [6.45, 7) is 3.80. The third kappa shape index (κ3) is 4.22. The van der Waals surface area contributed by atoms with Crippen LogP contribution in [0.25, 0.3) is 0 Å². The molecule has 1 aliphatic rings. The molecule has 1 saturated heterocycles. The number of amides is 1. The van der Waals surface area contributed by atoms with Gasteiger partial charge in [-0.25, -0.2) is 4.98 Å². The average molecular weight is 344 g/mol. The lowest BCUT2D eigenvalue weighted by atomic mass is 9.97. The zero-order valence-corrected chi connectivity index (χ0v) is 14.9. The summed E-state index contributed by atoms with van der Waals surface area (Å²) in [5.41, 5.74) is 5.11. The number of benzene rings is 1. The van der Waals surface area contributed by atoms with Gasteiger partial charge in [-0.05, 0) is 43.2 Å². The van der Waals surface area contributed by atoms with E-state index in [-0.39, 0.29) is 12.5 Å². The molecule has 2 heterocycles. The molecule has 0 spiro atoms. The van der Waals surface area contributed by atoms with Crippen LogP contribution in [0.2, 0.25) is 0 Å². The maximum absolute atomic E-state index is 12.4. The van der Waals surface area contributed by atoms with E-state index in [4.69, 9.17) is 0 Å². The first-order valence-corrected chi connectivity index (χ1v) is 9.39. The molecular weight excluding hydrogens is 320 g/mol. The number of carbonyl (C=O) groups is 1. The Labute approximate surface area is 147 Å². The molecule has 0 saturated carbocycles. The van der Waals surface area contributed by atoms with Crippen molar-refractivity contribution >= 4 is 17.2 Å². The van der Waals surface area contributed by atoms with Crippen LogP contribution in [0.15, 0.2) is 29.8 Å². The second-order valence-corrected chi connectivity index (χ2v) is 7.48. The molecule has 1 aromatic carbocycles. The van der Waals surface area contributed by atoms with E-state index in [0.717, 1.165) is 43.6 Å². The zero-order chi connectivity index (χ0) is 16.9. The fourth-order valence-corrected chi connectivity index (χ4v) is 4.14. The van der Waals surface area contributed by atoms with E-state index in [0.29, 0.717) is 12.3 Å². The van der Waals surface area contributed by atoms with Gasteiger partial charge in [-0.15, -0.1) is 11.3 Å². The summed E-state index contributed by atoms with van der Waals surface area (Å²) in [4.78, 5) is 19.9. The fraction of sp³-hybridized carbons (Fsp3) is 0.474. The van der Waals surface area contributed by atoms with Crippen molar-refractivity contribution in [1.82, 2.24) is 9.88 Å². The van der Waals surface area contributed by atoms with Crippen molar-refractivity contribution in [2.24, 2.45) is 5.92 Å². The number of thiazole rings is 1. The van der Waals surface area contributed by atoms with Gasteiger partial charge in [-0.1, -0.05) is 24.3 Å². The van der Waals surface area contributed by atoms with Crippen molar-refractivity contribution in [3.63, 3.8) is 0 Å². The van der Waals surface area contributed by atoms with Crippen LogP contribution in [-0.4, -0.2) is 34.0 Å². The van der Waals surface area contributed by atoms with Gasteiger partial charge in [-0.2, -0.15) is 0 Å². The molecule has 1 fully saturated rings. The summed E-state index contributed by atoms with van der Waals surface area (Å²) in [5.74, 6) is 0.780. The van der Waals surface area contributed by atoms with E-state index in [1.807, 2.05) is 29.5 Å². The fourth-order valence-electron chi connectivity index (χ4n) is 3.36. The molecule has 1 N–H and O–H groups in total. The Morgan fingerprint density at radius 2 is 2.25 bits per heavy atom. The number of rotatable bonds is 6. The molecule has 3 rings (SSSR count). The van der Waals surface area contributed by atoms with Gasteiger partial charge in [-0.3, -0.25) is 4.79 Å². The highest BCUT2D eigenvalue weighted by molar-refractivity contribution is 7.09. The van der Waals surface area contributed by atoms with Gasteiger partial charge in [0.25, 0.3) is 0 Å². The topological polar surface area (TPSA) is 53.4 Å².